The van der Waals surface area contributed by atoms with Gasteiger partial charge in [-0.3, -0.25) is 4.79 Å². The highest BCUT2D eigenvalue weighted by Crippen LogP contribution is 1.86. The number of carbonyl (C=O) groups excluding carboxylic acids is 1. The van der Waals surface area contributed by atoms with Gasteiger partial charge in [0.25, 0.3) is 5.91 Å². The summed E-state index contributed by atoms with van der Waals surface area (Å²) in [5.41, 5.74) is 2.08. The molecule has 0 aromatic rings. The van der Waals surface area contributed by atoms with Gasteiger partial charge in [-0.15, -0.1) is 0 Å². The summed E-state index contributed by atoms with van der Waals surface area (Å²) in [7, 11) is 0. The van der Waals surface area contributed by atoms with Crippen molar-refractivity contribution in [2.45, 2.75) is 0 Å². The predicted molar refractivity (Wildman–Crippen MR) is 17.3 cm³/mol. The first kappa shape index (κ1) is 3.27. The largest absolute Gasteiger partial charge is 0.271 e. The lowest BCUT2D eigenvalue weighted by molar-refractivity contribution is -0.116. The van der Waals surface area contributed by atoms with Gasteiger partial charge < -0.3 is 0 Å². The number of hydrogen-bond acceptors (Lipinski definition) is 3. The molecule has 1 radical (unpaired) electrons. The Hall–Kier alpha value is -0.930. The van der Waals surface area contributed by atoms with Crippen molar-refractivity contribution in [1.82, 2.24) is 5.43 Å². The maximum absolute atomic E-state index is 9.89. The Bertz CT molecular complexity index is 87.0. The summed E-state index contributed by atoms with van der Waals surface area (Å²) in [4.78, 5) is 9.89. The van der Waals surface area contributed by atoms with Crippen molar-refractivity contribution in [3.8, 4) is 0 Å². The van der Waals surface area contributed by atoms with Crippen molar-refractivity contribution in [2.75, 3.05) is 0 Å². The number of nitrogens with zero attached hydrogens (tertiary/aromatic N) is 2. The molecule has 0 saturated heterocycles. The lowest BCUT2D eigenvalue weighted by atomic mass is 10.7. The molecule has 1 rings (SSSR count). The van der Waals surface area contributed by atoms with Crippen LogP contribution < -0.4 is 5.43 Å². The van der Waals surface area contributed by atoms with Crippen LogP contribution >= 0.6 is 0 Å². The SMILES string of the molecule is O=C1[CH]N=NN1. The van der Waals surface area contributed by atoms with E-state index in [1.165, 1.54) is 0 Å². The van der Waals surface area contributed by atoms with E-state index in [0.717, 1.165) is 6.54 Å². The smallest absolute Gasteiger partial charge is 0.270 e. The molecule has 0 spiro atoms. The van der Waals surface area contributed by atoms with Gasteiger partial charge in [-0.05, 0) is 0 Å². The minimum absolute atomic E-state index is 0.255. The highest BCUT2D eigenvalue weighted by molar-refractivity contribution is 5.84. The van der Waals surface area contributed by atoms with Crippen LogP contribution in [0.25, 0.3) is 0 Å². The molecule has 1 N–H and O–H groups in total. The Balaban J connectivity index is 2.52. The summed E-state index contributed by atoms with van der Waals surface area (Å²) in [6.45, 7) is 1.11. The summed E-state index contributed by atoms with van der Waals surface area (Å²) >= 11 is 0. The van der Waals surface area contributed by atoms with Gasteiger partial charge >= 0.3 is 0 Å². The van der Waals surface area contributed by atoms with E-state index in [0.29, 0.717) is 0 Å². The van der Waals surface area contributed by atoms with Crippen LogP contribution in [0.5, 0.6) is 0 Å². The van der Waals surface area contributed by atoms with E-state index in [2.05, 4.69) is 15.8 Å². The topological polar surface area (TPSA) is 53.8 Å². The first-order valence-corrected chi connectivity index (χ1v) is 1.42. The zero-order valence-corrected chi connectivity index (χ0v) is 2.88. The zero-order valence-electron chi connectivity index (χ0n) is 2.88. The molecule has 0 unspecified atom stereocenters. The van der Waals surface area contributed by atoms with E-state index in [4.69, 9.17) is 0 Å². The third kappa shape index (κ3) is 0.357. The van der Waals surface area contributed by atoms with E-state index in [1.54, 1.807) is 0 Å². The predicted octanol–water partition coefficient (Wildman–Crippen LogP) is -0.355. The highest BCUT2D eigenvalue weighted by atomic mass is 16.2. The van der Waals surface area contributed by atoms with Gasteiger partial charge in [0.2, 0.25) is 0 Å². The van der Waals surface area contributed by atoms with Crippen molar-refractivity contribution in [2.24, 2.45) is 10.3 Å². The fourth-order valence-corrected chi connectivity index (χ4v) is 0.188. The molecule has 1 aliphatic heterocycles. The molecule has 4 nitrogen and oxygen atoms in total. The van der Waals surface area contributed by atoms with Crippen molar-refractivity contribution >= 4 is 5.91 Å². The van der Waals surface area contributed by atoms with Crippen LogP contribution in [0.3, 0.4) is 0 Å². The average Bonchev–Trinajstić information content (AvgIpc) is 1.86. The van der Waals surface area contributed by atoms with Crippen LogP contribution in [-0.2, 0) is 4.79 Å². The summed E-state index contributed by atoms with van der Waals surface area (Å²) < 4.78 is 0. The molecule has 1 amide bonds. The number of hydrogen-bond donors (Lipinski definition) is 1. The molecule has 1 heterocycles. The lowest BCUT2D eigenvalue weighted by Crippen LogP contribution is -2.08. The Morgan fingerprint density at radius 3 is 2.83 bits per heavy atom. The molecule has 0 atom stereocenters. The summed E-state index contributed by atoms with van der Waals surface area (Å²) in [5, 5.41) is 6.34. The van der Waals surface area contributed by atoms with Crippen LogP contribution in [0.2, 0.25) is 0 Å². The molecular formula is C2H2N3O. The van der Waals surface area contributed by atoms with Crippen LogP contribution in [0.15, 0.2) is 10.3 Å². The fraction of sp³-hybridized carbons (Fsp3) is 0. The maximum atomic E-state index is 9.89. The van der Waals surface area contributed by atoms with E-state index >= 15 is 0 Å². The van der Waals surface area contributed by atoms with Crippen LogP contribution in [-0.4, -0.2) is 5.91 Å². The van der Waals surface area contributed by atoms with Crippen LogP contribution in [0.4, 0.5) is 0 Å². The summed E-state index contributed by atoms with van der Waals surface area (Å²) in [6, 6.07) is 0. The Morgan fingerprint density at radius 2 is 2.67 bits per heavy atom. The Kier molecular flexibility index (Phi) is 0.567. The fourth-order valence-electron chi connectivity index (χ4n) is 0.188. The van der Waals surface area contributed by atoms with E-state index < -0.39 is 0 Å². The van der Waals surface area contributed by atoms with E-state index in [9.17, 15) is 4.79 Å². The van der Waals surface area contributed by atoms with Gasteiger partial charge in [-0.1, -0.05) is 5.22 Å². The van der Waals surface area contributed by atoms with Crippen LogP contribution in [0.1, 0.15) is 0 Å². The summed E-state index contributed by atoms with van der Waals surface area (Å²) in [6.07, 6.45) is 0. The summed E-state index contributed by atoms with van der Waals surface area (Å²) in [5.74, 6) is -0.255. The Labute approximate surface area is 34.2 Å². The molecule has 4 heteroatoms. The molecule has 6 heavy (non-hydrogen) atoms. The minimum Gasteiger partial charge on any atom is -0.270 e. The third-order valence-electron chi connectivity index (χ3n) is 0.393. The van der Waals surface area contributed by atoms with E-state index in [1.807, 2.05) is 0 Å². The van der Waals surface area contributed by atoms with Crippen molar-refractivity contribution in [3.05, 3.63) is 6.54 Å². The number of nitrogens with one attached hydrogen (secondary N) is 1. The van der Waals surface area contributed by atoms with Gasteiger partial charge in [-0.2, -0.15) is 5.11 Å². The Morgan fingerprint density at radius 1 is 1.83 bits per heavy atom. The second-order valence-corrected chi connectivity index (χ2v) is 0.821. The molecular weight excluding hydrogens is 82.0 g/mol. The molecule has 0 aromatic heterocycles. The maximum Gasteiger partial charge on any atom is 0.271 e. The van der Waals surface area contributed by atoms with Gasteiger partial charge in [0, 0.05) is 0 Å². The molecule has 31 valence electrons. The average molecular weight is 84.1 g/mol. The van der Waals surface area contributed by atoms with Gasteiger partial charge in [0.15, 0.2) is 6.54 Å². The van der Waals surface area contributed by atoms with Crippen molar-refractivity contribution in [3.63, 3.8) is 0 Å². The molecule has 0 aromatic carbocycles. The second-order valence-electron chi connectivity index (χ2n) is 0.821. The van der Waals surface area contributed by atoms with Crippen molar-refractivity contribution in [1.29, 1.82) is 0 Å². The molecule has 0 saturated carbocycles. The van der Waals surface area contributed by atoms with Gasteiger partial charge in [0.05, 0.1) is 0 Å². The molecule has 1 aliphatic rings. The number of amides is 1. The standard InChI is InChI=1S/C2H2N3O/c6-2-1-3-5-4-2/h1H,(H,3,4,6). The first-order chi connectivity index (χ1) is 2.89. The van der Waals surface area contributed by atoms with Crippen LogP contribution in [0, 0.1) is 6.54 Å². The molecule has 0 fully saturated rings. The van der Waals surface area contributed by atoms with E-state index in [-0.39, 0.29) is 5.91 Å². The quantitative estimate of drug-likeness (QED) is 0.428. The number of carbonyl (C=O) groups is 1. The zero-order chi connectivity index (χ0) is 4.41. The first-order valence-electron chi connectivity index (χ1n) is 1.42. The molecule has 0 aliphatic carbocycles. The lowest BCUT2D eigenvalue weighted by Gasteiger charge is -1.72. The highest BCUT2D eigenvalue weighted by Gasteiger charge is 2.02. The monoisotopic (exact) mass is 84.0 g/mol. The van der Waals surface area contributed by atoms with Gasteiger partial charge in [0.1, 0.15) is 0 Å². The molecule has 0 bridgehead atoms. The number of rotatable bonds is 0. The second kappa shape index (κ2) is 1.04. The third-order valence-corrected chi connectivity index (χ3v) is 0.393. The van der Waals surface area contributed by atoms with Gasteiger partial charge in [-0.25, -0.2) is 5.43 Å². The normalized spacial score (nSPS) is 18.3. The van der Waals surface area contributed by atoms with Crippen molar-refractivity contribution < 1.29 is 4.79 Å². The minimum atomic E-state index is -0.255.